The van der Waals surface area contributed by atoms with Crippen molar-refractivity contribution in [1.29, 1.82) is 5.26 Å². The van der Waals surface area contributed by atoms with Gasteiger partial charge in [0.1, 0.15) is 5.54 Å². The van der Waals surface area contributed by atoms with Gasteiger partial charge in [-0.2, -0.15) is 5.26 Å². The highest BCUT2D eigenvalue weighted by molar-refractivity contribution is 5.03. The summed E-state index contributed by atoms with van der Waals surface area (Å²) < 4.78 is 0. The Hall–Kier alpha value is -0.590. The Morgan fingerprint density at radius 1 is 1.37 bits per heavy atom. The number of nitrogens with zero attached hydrogens (tertiary/aromatic N) is 2. The molecule has 0 spiro atoms. The SMILES string of the molecule is CCCNC(C)(C#N)CCCCN1CC2CCC1C2. The van der Waals surface area contributed by atoms with E-state index in [1.165, 1.54) is 38.8 Å². The fraction of sp³-hybridized carbons (Fsp3) is 0.938. The molecule has 0 aromatic carbocycles. The van der Waals surface area contributed by atoms with E-state index >= 15 is 0 Å². The first kappa shape index (κ1) is 14.8. The van der Waals surface area contributed by atoms with E-state index in [0.717, 1.165) is 37.8 Å². The van der Waals surface area contributed by atoms with Crippen LogP contribution >= 0.6 is 0 Å². The molecule has 19 heavy (non-hydrogen) atoms. The third kappa shape index (κ3) is 3.94. The van der Waals surface area contributed by atoms with Crippen LogP contribution in [0.15, 0.2) is 0 Å². The molecule has 0 amide bonds. The van der Waals surface area contributed by atoms with E-state index < -0.39 is 0 Å². The van der Waals surface area contributed by atoms with E-state index in [9.17, 15) is 5.26 Å². The van der Waals surface area contributed by atoms with Crippen molar-refractivity contribution in [2.24, 2.45) is 5.92 Å². The molecular formula is C16H29N3. The number of hydrogen-bond donors (Lipinski definition) is 1. The first-order valence-corrected chi connectivity index (χ1v) is 8.07. The summed E-state index contributed by atoms with van der Waals surface area (Å²) in [5, 5.41) is 12.7. The van der Waals surface area contributed by atoms with Crippen molar-refractivity contribution in [3.8, 4) is 6.07 Å². The molecule has 1 N–H and O–H groups in total. The Kier molecular flexibility index (Phi) is 5.24. The molecule has 2 fully saturated rings. The third-order valence-corrected chi connectivity index (χ3v) is 4.91. The van der Waals surface area contributed by atoms with E-state index in [4.69, 9.17) is 0 Å². The van der Waals surface area contributed by atoms with Gasteiger partial charge in [-0.1, -0.05) is 6.92 Å². The van der Waals surface area contributed by atoms with Gasteiger partial charge in [0.25, 0.3) is 0 Å². The minimum atomic E-state index is -0.319. The van der Waals surface area contributed by atoms with E-state index in [0.29, 0.717) is 0 Å². The first-order chi connectivity index (χ1) is 9.17. The molecule has 1 heterocycles. The minimum Gasteiger partial charge on any atom is -0.300 e. The molecule has 0 radical (unpaired) electrons. The van der Waals surface area contributed by atoms with Crippen molar-refractivity contribution >= 4 is 0 Å². The summed E-state index contributed by atoms with van der Waals surface area (Å²) in [7, 11) is 0. The normalized spacial score (nSPS) is 29.3. The van der Waals surface area contributed by atoms with Crippen LogP contribution in [0.5, 0.6) is 0 Å². The van der Waals surface area contributed by atoms with Crippen molar-refractivity contribution in [3.05, 3.63) is 0 Å². The number of hydrogen-bond acceptors (Lipinski definition) is 3. The van der Waals surface area contributed by atoms with Crippen molar-refractivity contribution in [1.82, 2.24) is 10.2 Å². The molecule has 3 unspecified atom stereocenters. The zero-order valence-electron chi connectivity index (χ0n) is 12.6. The molecule has 1 saturated carbocycles. The van der Waals surface area contributed by atoms with Crippen LogP contribution in [0.25, 0.3) is 0 Å². The monoisotopic (exact) mass is 263 g/mol. The third-order valence-electron chi connectivity index (χ3n) is 4.91. The molecule has 2 aliphatic rings. The number of likely N-dealkylation sites (tertiary alicyclic amines) is 1. The maximum atomic E-state index is 9.29. The standard InChI is InChI=1S/C16H29N3/c1-3-9-18-16(2,13-17)8-4-5-10-19-12-14-6-7-15(19)11-14/h14-15,18H,3-12H2,1-2H3. The van der Waals surface area contributed by atoms with E-state index in [1.807, 2.05) is 6.92 Å². The lowest BCUT2D eigenvalue weighted by Gasteiger charge is -2.27. The van der Waals surface area contributed by atoms with Gasteiger partial charge in [-0.3, -0.25) is 5.32 Å². The summed E-state index contributed by atoms with van der Waals surface area (Å²) in [6, 6.07) is 3.34. The van der Waals surface area contributed by atoms with Gasteiger partial charge in [0, 0.05) is 12.6 Å². The van der Waals surface area contributed by atoms with Crippen LogP contribution < -0.4 is 5.32 Å². The van der Waals surface area contributed by atoms with Gasteiger partial charge >= 0.3 is 0 Å². The highest BCUT2D eigenvalue weighted by atomic mass is 15.2. The van der Waals surface area contributed by atoms with Gasteiger partial charge in [-0.05, 0) is 70.9 Å². The summed E-state index contributed by atoms with van der Waals surface area (Å²) in [5.41, 5.74) is -0.319. The number of nitriles is 1. The van der Waals surface area contributed by atoms with Gasteiger partial charge in [0.15, 0.2) is 0 Å². The zero-order valence-corrected chi connectivity index (χ0v) is 12.6. The van der Waals surface area contributed by atoms with Gasteiger partial charge < -0.3 is 4.90 Å². The lowest BCUT2D eigenvalue weighted by Crippen LogP contribution is -2.41. The van der Waals surface area contributed by atoms with Crippen molar-refractivity contribution in [3.63, 3.8) is 0 Å². The second-order valence-electron chi connectivity index (χ2n) is 6.66. The lowest BCUT2D eigenvalue weighted by molar-refractivity contribution is 0.207. The molecule has 2 bridgehead atoms. The summed E-state index contributed by atoms with van der Waals surface area (Å²) in [4.78, 5) is 2.69. The molecule has 1 saturated heterocycles. The Balaban J connectivity index is 1.62. The molecule has 0 aromatic heterocycles. The Bertz CT molecular complexity index is 322. The van der Waals surface area contributed by atoms with Crippen LogP contribution in [0.4, 0.5) is 0 Å². The van der Waals surface area contributed by atoms with Crippen molar-refractivity contribution < 1.29 is 0 Å². The predicted molar refractivity (Wildman–Crippen MR) is 78.9 cm³/mol. The summed E-state index contributed by atoms with van der Waals surface area (Å²) in [6.45, 7) is 7.72. The predicted octanol–water partition coefficient (Wildman–Crippen LogP) is 2.92. The lowest BCUT2D eigenvalue weighted by atomic mass is 9.96. The highest BCUT2D eigenvalue weighted by Gasteiger charge is 2.37. The largest absolute Gasteiger partial charge is 0.300 e. The average molecular weight is 263 g/mol. The van der Waals surface area contributed by atoms with E-state index in [-0.39, 0.29) is 5.54 Å². The molecule has 3 heteroatoms. The number of fused-ring (bicyclic) bond motifs is 2. The van der Waals surface area contributed by atoms with Crippen molar-refractivity contribution in [2.75, 3.05) is 19.6 Å². The molecule has 2 rings (SSSR count). The fourth-order valence-corrected chi connectivity index (χ4v) is 3.68. The maximum absolute atomic E-state index is 9.29. The number of piperidine rings is 1. The zero-order chi connectivity index (χ0) is 13.7. The van der Waals surface area contributed by atoms with Gasteiger partial charge in [0.2, 0.25) is 0 Å². The first-order valence-electron chi connectivity index (χ1n) is 8.07. The molecular weight excluding hydrogens is 234 g/mol. The van der Waals surface area contributed by atoms with Crippen molar-refractivity contribution in [2.45, 2.75) is 70.4 Å². The average Bonchev–Trinajstić information content (AvgIpc) is 3.04. The van der Waals surface area contributed by atoms with Crippen LogP contribution in [-0.4, -0.2) is 36.1 Å². The number of rotatable bonds is 8. The molecule has 108 valence electrons. The van der Waals surface area contributed by atoms with Gasteiger partial charge in [-0.25, -0.2) is 0 Å². The van der Waals surface area contributed by atoms with Crippen LogP contribution in [0.1, 0.15) is 58.8 Å². The van der Waals surface area contributed by atoms with Crippen LogP contribution in [0.2, 0.25) is 0 Å². The topological polar surface area (TPSA) is 39.1 Å². The second kappa shape index (κ2) is 6.72. The molecule has 1 aliphatic heterocycles. The molecule has 1 aliphatic carbocycles. The Labute approximate surface area is 118 Å². The summed E-state index contributed by atoms with van der Waals surface area (Å²) >= 11 is 0. The maximum Gasteiger partial charge on any atom is 0.103 e. The smallest absolute Gasteiger partial charge is 0.103 e. The van der Waals surface area contributed by atoms with E-state index in [2.05, 4.69) is 23.2 Å². The van der Waals surface area contributed by atoms with Crippen LogP contribution in [-0.2, 0) is 0 Å². The summed E-state index contributed by atoms with van der Waals surface area (Å²) in [5.74, 6) is 1.00. The highest BCUT2D eigenvalue weighted by Crippen LogP contribution is 2.37. The van der Waals surface area contributed by atoms with Crippen LogP contribution in [0, 0.1) is 17.2 Å². The number of nitrogens with one attached hydrogen (secondary N) is 1. The Morgan fingerprint density at radius 3 is 2.79 bits per heavy atom. The minimum absolute atomic E-state index is 0.319. The second-order valence-corrected chi connectivity index (χ2v) is 6.66. The Morgan fingerprint density at radius 2 is 2.21 bits per heavy atom. The molecule has 3 nitrogen and oxygen atoms in total. The van der Waals surface area contributed by atoms with Gasteiger partial charge in [0.05, 0.1) is 6.07 Å². The molecule has 0 aromatic rings. The number of unbranched alkanes of at least 4 members (excludes halogenated alkanes) is 1. The summed E-state index contributed by atoms with van der Waals surface area (Å²) in [6.07, 6.45) is 8.82. The fourth-order valence-electron chi connectivity index (χ4n) is 3.68. The quantitative estimate of drug-likeness (QED) is 0.684. The van der Waals surface area contributed by atoms with Crippen LogP contribution in [0.3, 0.4) is 0 Å². The molecule has 3 atom stereocenters. The van der Waals surface area contributed by atoms with Gasteiger partial charge in [-0.15, -0.1) is 0 Å². The van der Waals surface area contributed by atoms with E-state index in [1.54, 1.807) is 0 Å².